The summed E-state index contributed by atoms with van der Waals surface area (Å²) >= 11 is 3.18. The SMILES string of the molecule is CC[C@H](C)Sc1nnc(N)s1. The Hall–Kier alpha value is -0.290. The fraction of sp³-hybridized carbons (Fsp3) is 0.667. The first-order chi connectivity index (χ1) is 5.22. The first-order valence-electron chi connectivity index (χ1n) is 3.48. The molecule has 0 amide bonds. The van der Waals surface area contributed by atoms with E-state index < -0.39 is 0 Å². The second kappa shape index (κ2) is 3.92. The highest BCUT2D eigenvalue weighted by molar-refractivity contribution is 8.01. The van der Waals surface area contributed by atoms with Crippen molar-refractivity contribution in [2.24, 2.45) is 0 Å². The lowest BCUT2D eigenvalue weighted by molar-refractivity contribution is 0.900. The molecule has 0 unspecified atom stereocenters. The van der Waals surface area contributed by atoms with Gasteiger partial charge in [0.15, 0.2) is 4.34 Å². The third-order valence-corrected chi connectivity index (χ3v) is 3.40. The van der Waals surface area contributed by atoms with Gasteiger partial charge in [0.05, 0.1) is 0 Å². The molecule has 0 spiro atoms. The van der Waals surface area contributed by atoms with Crippen LogP contribution in [0.25, 0.3) is 0 Å². The van der Waals surface area contributed by atoms with Gasteiger partial charge in [0, 0.05) is 5.25 Å². The van der Waals surface area contributed by atoms with Crippen LogP contribution in [0.3, 0.4) is 0 Å². The minimum absolute atomic E-state index is 0.552. The van der Waals surface area contributed by atoms with E-state index in [4.69, 9.17) is 5.73 Å². The molecule has 0 aliphatic heterocycles. The molecule has 0 aromatic carbocycles. The molecule has 1 atom stereocenters. The summed E-state index contributed by atoms with van der Waals surface area (Å²) in [5.74, 6) is 0. The number of nitrogens with two attached hydrogens (primary N) is 1. The van der Waals surface area contributed by atoms with Crippen molar-refractivity contribution in [2.45, 2.75) is 29.9 Å². The lowest BCUT2D eigenvalue weighted by Gasteiger charge is -2.01. The molecular weight excluding hydrogens is 178 g/mol. The predicted octanol–water partition coefficient (Wildman–Crippen LogP) is 2.01. The van der Waals surface area contributed by atoms with Gasteiger partial charge in [-0.2, -0.15) is 0 Å². The molecule has 1 aromatic heterocycles. The molecule has 0 saturated carbocycles. The molecule has 0 aliphatic rings. The highest BCUT2D eigenvalue weighted by Gasteiger charge is 2.05. The van der Waals surface area contributed by atoms with Crippen LogP contribution in [0.5, 0.6) is 0 Å². The molecule has 2 N–H and O–H groups in total. The zero-order chi connectivity index (χ0) is 8.27. The largest absolute Gasteiger partial charge is 0.374 e. The third kappa shape index (κ3) is 2.67. The highest BCUT2D eigenvalue weighted by Crippen LogP contribution is 2.28. The maximum atomic E-state index is 5.43. The van der Waals surface area contributed by atoms with Crippen molar-refractivity contribution in [2.75, 3.05) is 5.73 Å². The number of aromatic nitrogens is 2. The Labute approximate surface area is 74.4 Å². The van der Waals surface area contributed by atoms with Gasteiger partial charge in [0.1, 0.15) is 0 Å². The summed E-state index contributed by atoms with van der Waals surface area (Å²) in [6.07, 6.45) is 1.14. The van der Waals surface area contributed by atoms with Crippen LogP contribution in [-0.4, -0.2) is 15.4 Å². The Kier molecular flexibility index (Phi) is 3.14. The zero-order valence-electron chi connectivity index (χ0n) is 6.57. The van der Waals surface area contributed by atoms with Crippen LogP contribution >= 0.6 is 23.1 Å². The maximum Gasteiger partial charge on any atom is 0.203 e. The molecule has 62 valence electrons. The van der Waals surface area contributed by atoms with E-state index in [1.54, 1.807) is 11.8 Å². The molecule has 11 heavy (non-hydrogen) atoms. The van der Waals surface area contributed by atoms with Crippen LogP contribution < -0.4 is 5.73 Å². The van der Waals surface area contributed by atoms with Gasteiger partial charge in [-0.3, -0.25) is 0 Å². The Balaban J connectivity index is 2.50. The van der Waals surface area contributed by atoms with Gasteiger partial charge in [-0.1, -0.05) is 36.9 Å². The lowest BCUT2D eigenvalue weighted by Crippen LogP contribution is -1.90. The van der Waals surface area contributed by atoms with Crippen molar-refractivity contribution in [1.82, 2.24) is 10.2 Å². The van der Waals surface area contributed by atoms with Gasteiger partial charge >= 0.3 is 0 Å². The van der Waals surface area contributed by atoms with Crippen molar-refractivity contribution >= 4 is 28.2 Å². The van der Waals surface area contributed by atoms with Gasteiger partial charge in [-0.15, -0.1) is 10.2 Å². The van der Waals surface area contributed by atoms with Crippen molar-refractivity contribution in [3.63, 3.8) is 0 Å². The van der Waals surface area contributed by atoms with Gasteiger partial charge < -0.3 is 5.73 Å². The number of hydrogen-bond donors (Lipinski definition) is 1. The van der Waals surface area contributed by atoms with Gasteiger partial charge in [0.2, 0.25) is 5.13 Å². The van der Waals surface area contributed by atoms with E-state index in [1.807, 2.05) is 0 Å². The minimum atomic E-state index is 0.552. The van der Waals surface area contributed by atoms with Gasteiger partial charge in [0.25, 0.3) is 0 Å². The van der Waals surface area contributed by atoms with Crippen LogP contribution in [0.4, 0.5) is 5.13 Å². The average Bonchev–Trinajstić information content (AvgIpc) is 2.35. The molecule has 0 radical (unpaired) electrons. The molecular formula is C6H11N3S2. The van der Waals surface area contributed by atoms with Crippen LogP contribution in [0.15, 0.2) is 4.34 Å². The highest BCUT2D eigenvalue weighted by atomic mass is 32.2. The standard InChI is InChI=1S/C6H11N3S2/c1-3-4(2)10-6-9-8-5(7)11-6/h4H,3H2,1-2H3,(H2,7,8)/t4-/m0/s1. The number of nitrogen functional groups attached to an aromatic ring is 1. The lowest BCUT2D eigenvalue weighted by atomic mass is 10.4. The van der Waals surface area contributed by atoms with Crippen molar-refractivity contribution in [1.29, 1.82) is 0 Å². The van der Waals surface area contributed by atoms with Crippen molar-refractivity contribution in [3.8, 4) is 0 Å². The smallest absolute Gasteiger partial charge is 0.203 e. The quantitative estimate of drug-likeness (QED) is 0.739. The Morgan fingerprint density at radius 3 is 2.82 bits per heavy atom. The topological polar surface area (TPSA) is 51.8 Å². The van der Waals surface area contributed by atoms with E-state index in [9.17, 15) is 0 Å². The van der Waals surface area contributed by atoms with Crippen molar-refractivity contribution in [3.05, 3.63) is 0 Å². The minimum Gasteiger partial charge on any atom is -0.374 e. The van der Waals surface area contributed by atoms with E-state index in [2.05, 4.69) is 24.0 Å². The Morgan fingerprint density at radius 1 is 1.64 bits per heavy atom. The Morgan fingerprint density at radius 2 is 2.36 bits per heavy atom. The summed E-state index contributed by atoms with van der Waals surface area (Å²) in [5, 5.41) is 8.79. The zero-order valence-corrected chi connectivity index (χ0v) is 8.21. The molecule has 5 heteroatoms. The number of nitrogens with zero attached hydrogens (tertiary/aromatic N) is 2. The van der Waals surface area contributed by atoms with Gasteiger partial charge in [-0.05, 0) is 6.42 Å². The monoisotopic (exact) mass is 189 g/mol. The molecule has 0 aliphatic carbocycles. The number of anilines is 1. The fourth-order valence-electron chi connectivity index (χ4n) is 0.523. The second-order valence-electron chi connectivity index (χ2n) is 2.24. The van der Waals surface area contributed by atoms with Crippen molar-refractivity contribution < 1.29 is 0 Å². The molecule has 1 heterocycles. The van der Waals surface area contributed by atoms with E-state index in [0.717, 1.165) is 10.8 Å². The number of rotatable bonds is 3. The van der Waals surface area contributed by atoms with E-state index in [1.165, 1.54) is 11.3 Å². The van der Waals surface area contributed by atoms with E-state index >= 15 is 0 Å². The summed E-state index contributed by atoms with van der Waals surface area (Å²) in [5.41, 5.74) is 5.43. The van der Waals surface area contributed by atoms with Crippen LogP contribution in [0, 0.1) is 0 Å². The molecule has 0 fully saturated rings. The van der Waals surface area contributed by atoms with Crippen LogP contribution in [0.2, 0.25) is 0 Å². The number of thioether (sulfide) groups is 1. The summed E-state index contributed by atoms with van der Waals surface area (Å²) in [4.78, 5) is 0. The predicted molar refractivity (Wildman–Crippen MR) is 49.9 cm³/mol. The fourth-order valence-corrected chi connectivity index (χ4v) is 2.41. The summed E-state index contributed by atoms with van der Waals surface area (Å²) in [7, 11) is 0. The first-order valence-corrected chi connectivity index (χ1v) is 5.17. The summed E-state index contributed by atoms with van der Waals surface area (Å²) in [6, 6.07) is 0. The van der Waals surface area contributed by atoms with E-state index in [0.29, 0.717) is 10.4 Å². The molecule has 3 nitrogen and oxygen atoms in total. The Bertz CT molecular complexity index is 223. The van der Waals surface area contributed by atoms with E-state index in [-0.39, 0.29) is 0 Å². The third-order valence-electron chi connectivity index (χ3n) is 1.30. The molecule has 1 rings (SSSR count). The van der Waals surface area contributed by atoms with Gasteiger partial charge in [-0.25, -0.2) is 0 Å². The molecule has 0 bridgehead atoms. The van der Waals surface area contributed by atoms with Crippen LogP contribution in [-0.2, 0) is 0 Å². The first kappa shape index (κ1) is 8.80. The normalized spacial score (nSPS) is 13.3. The maximum absolute atomic E-state index is 5.43. The molecule has 1 aromatic rings. The average molecular weight is 189 g/mol. The van der Waals surface area contributed by atoms with Crippen LogP contribution in [0.1, 0.15) is 20.3 Å². The summed E-state index contributed by atoms with van der Waals surface area (Å²) < 4.78 is 0.969. The second-order valence-corrected chi connectivity index (χ2v) is 4.94. The summed E-state index contributed by atoms with van der Waals surface area (Å²) in [6.45, 7) is 4.32. The number of hydrogen-bond acceptors (Lipinski definition) is 5. The molecule has 0 saturated heterocycles.